The first-order valence-electron chi connectivity index (χ1n) is 5.26. The van der Waals surface area contributed by atoms with Crippen LogP contribution in [0, 0.1) is 0 Å². The standard InChI is InChI=1S/C12H19NO3/c1-13(11(8-14)9-15)7-10-4-3-5-12(6-10)16-2/h3-6,11,14-15H,7-9H2,1-2H3. The molecule has 1 aromatic carbocycles. The van der Waals surface area contributed by atoms with Gasteiger partial charge in [0, 0.05) is 6.54 Å². The number of rotatable bonds is 6. The Bertz CT molecular complexity index is 313. The molecule has 0 heterocycles. The molecule has 1 aromatic rings. The molecule has 0 aliphatic heterocycles. The minimum atomic E-state index is -0.216. The molecule has 16 heavy (non-hydrogen) atoms. The average molecular weight is 225 g/mol. The predicted molar refractivity (Wildman–Crippen MR) is 62.4 cm³/mol. The van der Waals surface area contributed by atoms with E-state index < -0.39 is 0 Å². The highest BCUT2D eigenvalue weighted by Gasteiger charge is 2.12. The number of hydrogen-bond donors (Lipinski definition) is 2. The molecule has 4 heteroatoms. The van der Waals surface area contributed by atoms with E-state index in [1.807, 2.05) is 36.2 Å². The van der Waals surface area contributed by atoms with Crippen molar-refractivity contribution in [3.63, 3.8) is 0 Å². The van der Waals surface area contributed by atoms with E-state index in [1.165, 1.54) is 0 Å². The lowest BCUT2D eigenvalue weighted by atomic mass is 10.2. The van der Waals surface area contributed by atoms with Gasteiger partial charge in [0.05, 0.1) is 26.4 Å². The van der Waals surface area contributed by atoms with Crippen LogP contribution in [0.5, 0.6) is 5.75 Å². The monoisotopic (exact) mass is 225 g/mol. The summed E-state index contributed by atoms with van der Waals surface area (Å²) in [5.74, 6) is 0.815. The zero-order valence-corrected chi connectivity index (χ0v) is 9.76. The summed E-state index contributed by atoms with van der Waals surface area (Å²) in [6.07, 6.45) is 0. The van der Waals surface area contributed by atoms with E-state index in [0.29, 0.717) is 6.54 Å². The zero-order valence-electron chi connectivity index (χ0n) is 9.76. The lowest BCUT2D eigenvalue weighted by molar-refractivity contribution is 0.0873. The Morgan fingerprint density at radius 3 is 2.56 bits per heavy atom. The number of aliphatic hydroxyl groups is 2. The quantitative estimate of drug-likeness (QED) is 0.739. The third-order valence-electron chi connectivity index (χ3n) is 2.61. The molecular formula is C12H19NO3. The maximum Gasteiger partial charge on any atom is 0.119 e. The molecule has 0 aromatic heterocycles. The van der Waals surface area contributed by atoms with Crippen LogP contribution in [0.15, 0.2) is 24.3 Å². The highest BCUT2D eigenvalue weighted by atomic mass is 16.5. The smallest absolute Gasteiger partial charge is 0.119 e. The van der Waals surface area contributed by atoms with Crippen molar-refractivity contribution >= 4 is 0 Å². The van der Waals surface area contributed by atoms with Crippen LogP contribution in [0.2, 0.25) is 0 Å². The Balaban J connectivity index is 2.64. The number of likely N-dealkylation sites (N-methyl/N-ethyl adjacent to an activating group) is 1. The third kappa shape index (κ3) is 3.48. The summed E-state index contributed by atoms with van der Waals surface area (Å²) in [7, 11) is 3.50. The van der Waals surface area contributed by atoms with E-state index in [0.717, 1.165) is 11.3 Å². The summed E-state index contributed by atoms with van der Waals surface area (Å²) in [6.45, 7) is 0.580. The van der Waals surface area contributed by atoms with E-state index in [9.17, 15) is 0 Å². The number of nitrogens with zero attached hydrogens (tertiary/aromatic N) is 1. The largest absolute Gasteiger partial charge is 0.497 e. The molecule has 2 N–H and O–H groups in total. The van der Waals surface area contributed by atoms with Gasteiger partial charge in [0.1, 0.15) is 5.75 Å². The van der Waals surface area contributed by atoms with Gasteiger partial charge in [0.15, 0.2) is 0 Å². The van der Waals surface area contributed by atoms with Gasteiger partial charge in [-0.05, 0) is 24.7 Å². The minimum Gasteiger partial charge on any atom is -0.497 e. The average Bonchev–Trinajstić information content (AvgIpc) is 2.31. The molecule has 0 spiro atoms. The second-order valence-electron chi connectivity index (χ2n) is 3.79. The Kier molecular flexibility index (Phi) is 5.25. The zero-order chi connectivity index (χ0) is 12.0. The van der Waals surface area contributed by atoms with Crippen LogP contribution in [0.4, 0.5) is 0 Å². The van der Waals surface area contributed by atoms with Crippen LogP contribution in [0.3, 0.4) is 0 Å². The van der Waals surface area contributed by atoms with Crippen LogP contribution < -0.4 is 4.74 Å². The summed E-state index contributed by atoms with van der Waals surface area (Å²) in [4.78, 5) is 1.91. The molecule has 0 saturated carbocycles. The van der Waals surface area contributed by atoms with Gasteiger partial charge in [-0.2, -0.15) is 0 Å². The van der Waals surface area contributed by atoms with Crippen LogP contribution in [-0.4, -0.2) is 48.5 Å². The van der Waals surface area contributed by atoms with Crippen LogP contribution in [0.25, 0.3) is 0 Å². The van der Waals surface area contributed by atoms with Crippen molar-refractivity contribution in [1.29, 1.82) is 0 Å². The van der Waals surface area contributed by atoms with Gasteiger partial charge in [-0.3, -0.25) is 4.90 Å². The normalized spacial score (nSPS) is 11.1. The number of aliphatic hydroxyl groups excluding tert-OH is 2. The predicted octanol–water partition coefficient (Wildman–Crippen LogP) is 0.480. The highest BCUT2D eigenvalue weighted by Crippen LogP contribution is 2.14. The molecule has 0 fully saturated rings. The summed E-state index contributed by atoms with van der Waals surface area (Å²) in [6, 6.07) is 7.53. The van der Waals surface area contributed by atoms with Gasteiger partial charge in [-0.15, -0.1) is 0 Å². The number of methoxy groups -OCH3 is 1. The van der Waals surface area contributed by atoms with E-state index >= 15 is 0 Å². The van der Waals surface area contributed by atoms with E-state index in [4.69, 9.17) is 14.9 Å². The molecular weight excluding hydrogens is 206 g/mol. The van der Waals surface area contributed by atoms with Crippen molar-refractivity contribution in [3.05, 3.63) is 29.8 Å². The molecule has 0 radical (unpaired) electrons. The lowest BCUT2D eigenvalue weighted by Gasteiger charge is -2.24. The minimum absolute atomic E-state index is 0.0447. The summed E-state index contributed by atoms with van der Waals surface area (Å²) in [5, 5.41) is 18.1. The topological polar surface area (TPSA) is 52.9 Å². The fourth-order valence-electron chi connectivity index (χ4n) is 1.52. The molecule has 0 atom stereocenters. The van der Waals surface area contributed by atoms with Crippen molar-refractivity contribution in [3.8, 4) is 5.75 Å². The molecule has 0 bridgehead atoms. The second-order valence-corrected chi connectivity index (χ2v) is 3.79. The molecule has 1 rings (SSSR count). The SMILES string of the molecule is COc1cccc(CN(C)C(CO)CO)c1. The van der Waals surface area contributed by atoms with Gasteiger partial charge in [0.25, 0.3) is 0 Å². The van der Waals surface area contributed by atoms with E-state index in [1.54, 1.807) is 7.11 Å². The van der Waals surface area contributed by atoms with Crippen LogP contribution >= 0.6 is 0 Å². The highest BCUT2D eigenvalue weighted by molar-refractivity contribution is 5.28. The summed E-state index contributed by atoms with van der Waals surface area (Å²) >= 11 is 0. The Labute approximate surface area is 96.1 Å². The molecule has 90 valence electrons. The van der Waals surface area contributed by atoms with Crippen LogP contribution in [-0.2, 0) is 6.54 Å². The number of ether oxygens (including phenoxy) is 1. The Morgan fingerprint density at radius 2 is 2.00 bits per heavy atom. The molecule has 4 nitrogen and oxygen atoms in total. The Hall–Kier alpha value is -1.10. The molecule has 0 aliphatic carbocycles. The Morgan fingerprint density at radius 1 is 1.31 bits per heavy atom. The fourth-order valence-corrected chi connectivity index (χ4v) is 1.52. The first-order valence-corrected chi connectivity index (χ1v) is 5.26. The fraction of sp³-hybridized carbons (Fsp3) is 0.500. The van der Waals surface area contributed by atoms with Crippen molar-refractivity contribution in [2.45, 2.75) is 12.6 Å². The molecule has 0 aliphatic rings. The van der Waals surface area contributed by atoms with Gasteiger partial charge >= 0.3 is 0 Å². The van der Waals surface area contributed by atoms with Crippen molar-refractivity contribution < 1.29 is 14.9 Å². The lowest BCUT2D eigenvalue weighted by Crippen LogP contribution is -2.37. The van der Waals surface area contributed by atoms with Crippen molar-refractivity contribution in [1.82, 2.24) is 4.90 Å². The van der Waals surface area contributed by atoms with Gasteiger partial charge in [0.2, 0.25) is 0 Å². The number of benzene rings is 1. The summed E-state index contributed by atoms with van der Waals surface area (Å²) in [5.41, 5.74) is 1.09. The molecule has 0 unspecified atom stereocenters. The molecule has 0 saturated heterocycles. The van der Waals surface area contributed by atoms with E-state index in [2.05, 4.69) is 0 Å². The van der Waals surface area contributed by atoms with Crippen LogP contribution in [0.1, 0.15) is 5.56 Å². The first-order chi connectivity index (χ1) is 7.71. The number of hydrogen-bond acceptors (Lipinski definition) is 4. The van der Waals surface area contributed by atoms with E-state index in [-0.39, 0.29) is 19.3 Å². The maximum atomic E-state index is 9.05. The van der Waals surface area contributed by atoms with Crippen molar-refractivity contribution in [2.75, 3.05) is 27.4 Å². The van der Waals surface area contributed by atoms with Crippen molar-refractivity contribution in [2.24, 2.45) is 0 Å². The second kappa shape index (κ2) is 6.48. The van der Waals surface area contributed by atoms with Gasteiger partial charge in [-0.25, -0.2) is 0 Å². The maximum absolute atomic E-state index is 9.05. The summed E-state index contributed by atoms with van der Waals surface area (Å²) < 4.78 is 5.13. The first kappa shape index (κ1) is 13.0. The van der Waals surface area contributed by atoms with Gasteiger partial charge in [-0.1, -0.05) is 12.1 Å². The van der Waals surface area contributed by atoms with Gasteiger partial charge < -0.3 is 14.9 Å². The third-order valence-corrected chi connectivity index (χ3v) is 2.61. The molecule has 0 amide bonds.